The van der Waals surface area contributed by atoms with Crippen molar-refractivity contribution in [3.8, 4) is 11.1 Å². The molecule has 144 valence electrons. The lowest BCUT2D eigenvalue weighted by atomic mass is 9.94. The molecule has 28 heavy (non-hydrogen) atoms. The van der Waals surface area contributed by atoms with E-state index in [1.807, 2.05) is 43.3 Å². The molecule has 1 aromatic heterocycles. The normalized spacial score (nSPS) is 19.5. The van der Waals surface area contributed by atoms with E-state index in [9.17, 15) is 9.90 Å². The Bertz CT molecular complexity index is 1010. The molecule has 3 aromatic rings. The summed E-state index contributed by atoms with van der Waals surface area (Å²) in [5, 5.41) is 17.7. The smallest absolute Gasteiger partial charge is 0.251 e. The SMILES string of the molecule is Cc1ccc2cc(-c3cccc(C(=O)NCC4(O)CCCNC4)c3)ccc2n1. The fraction of sp³-hybridized carbons (Fsp3) is 0.304. The second-order valence-corrected chi connectivity index (χ2v) is 7.63. The van der Waals surface area contributed by atoms with Crippen LogP contribution in [0.5, 0.6) is 0 Å². The highest BCUT2D eigenvalue weighted by atomic mass is 16.3. The number of piperidine rings is 1. The number of nitrogens with zero attached hydrogens (tertiary/aromatic N) is 1. The largest absolute Gasteiger partial charge is 0.387 e. The molecule has 1 atom stereocenters. The van der Waals surface area contributed by atoms with Crippen LogP contribution in [0.2, 0.25) is 0 Å². The first-order chi connectivity index (χ1) is 13.5. The van der Waals surface area contributed by atoms with Gasteiger partial charge in [0.25, 0.3) is 5.91 Å². The lowest BCUT2D eigenvalue weighted by molar-refractivity contribution is 0.0170. The average molecular weight is 375 g/mol. The van der Waals surface area contributed by atoms with Crippen molar-refractivity contribution in [3.05, 3.63) is 65.9 Å². The molecule has 1 fully saturated rings. The quantitative estimate of drug-likeness (QED) is 0.655. The summed E-state index contributed by atoms with van der Waals surface area (Å²) < 4.78 is 0. The molecular formula is C23H25N3O2. The van der Waals surface area contributed by atoms with Gasteiger partial charge in [-0.2, -0.15) is 0 Å². The Hall–Kier alpha value is -2.76. The van der Waals surface area contributed by atoms with Crippen LogP contribution in [0, 0.1) is 6.92 Å². The van der Waals surface area contributed by atoms with Gasteiger partial charge in [-0.1, -0.05) is 24.3 Å². The number of aromatic nitrogens is 1. The number of rotatable bonds is 4. The summed E-state index contributed by atoms with van der Waals surface area (Å²) in [7, 11) is 0. The third-order valence-electron chi connectivity index (χ3n) is 5.31. The second-order valence-electron chi connectivity index (χ2n) is 7.63. The number of hydrogen-bond acceptors (Lipinski definition) is 4. The molecule has 0 aliphatic carbocycles. The number of fused-ring (bicyclic) bond motifs is 1. The van der Waals surface area contributed by atoms with Gasteiger partial charge >= 0.3 is 0 Å². The van der Waals surface area contributed by atoms with E-state index in [4.69, 9.17) is 0 Å². The molecule has 2 aromatic carbocycles. The zero-order valence-electron chi connectivity index (χ0n) is 16.0. The van der Waals surface area contributed by atoms with Crippen LogP contribution in [-0.2, 0) is 0 Å². The zero-order valence-corrected chi connectivity index (χ0v) is 16.0. The van der Waals surface area contributed by atoms with Crippen molar-refractivity contribution in [1.82, 2.24) is 15.6 Å². The van der Waals surface area contributed by atoms with Gasteiger partial charge in [0.15, 0.2) is 0 Å². The molecule has 0 saturated carbocycles. The lowest BCUT2D eigenvalue weighted by Crippen LogP contribution is -2.52. The highest BCUT2D eigenvalue weighted by Gasteiger charge is 2.29. The van der Waals surface area contributed by atoms with Gasteiger partial charge in [-0.3, -0.25) is 9.78 Å². The Kier molecular flexibility index (Phi) is 5.11. The van der Waals surface area contributed by atoms with Gasteiger partial charge in [0, 0.05) is 29.7 Å². The number of carbonyl (C=O) groups excluding carboxylic acids is 1. The van der Waals surface area contributed by atoms with Crippen molar-refractivity contribution in [3.63, 3.8) is 0 Å². The van der Waals surface area contributed by atoms with Crippen LogP contribution in [-0.4, -0.2) is 41.2 Å². The topological polar surface area (TPSA) is 74.2 Å². The molecule has 0 bridgehead atoms. The molecule has 1 aliphatic rings. The van der Waals surface area contributed by atoms with E-state index >= 15 is 0 Å². The van der Waals surface area contributed by atoms with Crippen molar-refractivity contribution < 1.29 is 9.90 Å². The van der Waals surface area contributed by atoms with Gasteiger partial charge in [-0.05, 0) is 67.8 Å². The first kappa shape index (κ1) is 18.6. The van der Waals surface area contributed by atoms with E-state index in [2.05, 4.69) is 27.8 Å². The maximum Gasteiger partial charge on any atom is 0.251 e. The van der Waals surface area contributed by atoms with Crippen LogP contribution in [0.15, 0.2) is 54.6 Å². The predicted octanol–water partition coefficient (Wildman–Crippen LogP) is 3.05. The van der Waals surface area contributed by atoms with E-state index in [0.717, 1.165) is 40.7 Å². The minimum atomic E-state index is -0.866. The van der Waals surface area contributed by atoms with Crippen molar-refractivity contribution in [2.24, 2.45) is 0 Å². The van der Waals surface area contributed by atoms with E-state index in [-0.39, 0.29) is 12.5 Å². The summed E-state index contributed by atoms with van der Waals surface area (Å²) in [6.45, 7) is 3.66. The van der Waals surface area contributed by atoms with Gasteiger partial charge < -0.3 is 15.7 Å². The third kappa shape index (κ3) is 4.06. The maximum absolute atomic E-state index is 12.6. The zero-order chi connectivity index (χ0) is 19.6. The number of amides is 1. The third-order valence-corrected chi connectivity index (χ3v) is 5.31. The summed E-state index contributed by atoms with van der Waals surface area (Å²) in [5.41, 5.74) is 3.71. The summed E-state index contributed by atoms with van der Waals surface area (Å²) in [6.07, 6.45) is 1.61. The Balaban J connectivity index is 1.52. The van der Waals surface area contributed by atoms with E-state index in [1.54, 1.807) is 6.07 Å². The molecule has 2 heterocycles. The lowest BCUT2D eigenvalue weighted by Gasteiger charge is -2.32. The molecule has 5 nitrogen and oxygen atoms in total. The number of β-amino-alcohol motifs (C(OH)–C–C–N with tert-alkyl or cyclic N) is 1. The molecule has 0 spiro atoms. The van der Waals surface area contributed by atoms with E-state index < -0.39 is 5.60 Å². The van der Waals surface area contributed by atoms with Gasteiger partial charge in [0.05, 0.1) is 11.1 Å². The average Bonchev–Trinajstić information content (AvgIpc) is 2.72. The maximum atomic E-state index is 12.6. The fourth-order valence-corrected chi connectivity index (χ4v) is 3.70. The molecule has 0 radical (unpaired) electrons. The first-order valence-electron chi connectivity index (χ1n) is 9.72. The van der Waals surface area contributed by atoms with Crippen molar-refractivity contribution >= 4 is 16.8 Å². The second kappa shape index (κ2) is 7.70. The summed E-state index contributed by atoms with van der Waals surface area (Å²) in [4.78, 5) is 17.1. The van der Waals surface area contributed by atoms with Crippen LogP contribution in [0.3, 0.4) is 0 Å². The Morgan fingerprint density at radius 2 is 2.04 bits per heavy atom. The summed E-state index contributed by atoms with van der Waals surface area (Å²) in [6, 6.07) is 17.8. The Labute approximate surface area is 164 Å². The molecule has 5 heteroatoms. The van der Waals surface area contributed by atoms with Gasteiger partial charge in [0.1, 0.15) is 0 Å². The Morgan fingerprint density at radius 1 is 1.18 bits per heavy atom. The molecule has 1 amide bonds. The first-order valence-corrected chi connectivity index (χ1v) is 9.72. The highest BCUT2D eigenvalue weighted by molar-refractivity contribution is 5.96. The van der Waals surface area contributed by atoms with Crippen LogP contribution in [0.25, 0.3) is 22.0 Å². The minimum Gasteiger partial charge on any atom is -0.387 e. The summed E-state index contributed by atoms with van der Waals surface area (Å²) >= 11 is 0. The highest BCUT2D eigenvalue weighted by Crippen LogP contribution is 2.25. The number of carbonyl (C=O) groups is 1. The predicted molar refractivity (Wildman–Crippen MR) is 111 cm³/mol. The molecule has 4 rings (SSSR count). The monoisotopic (exact) mass is 375 g/mol. The van der Waals surface area contributed by atoms with E-state index in [0.29, 0.717) is 18.5 Å². The number of aliphatic hydroxyl groups is 1. The Morgan fingerprint density at radius 3 is 2.86 bits per heavy atom. The number of aryl methyl sites for hydroxylation is 1. The number of benzene rings is 2. The van der Waals surface area contributed by atoms with Crippen LogP contribution in [0.4, 0.5) is 0 Å². The van der Waals surface area contributed by atoms with Crippen LogP contribution in [0.1, 0.15) is 28.9 Å². The number of pyridine rings is 1. The van der Waals surface area contributed by atoms with Gasteiger partial charge in [0.2, 0.25) is 0 Å². The molecular weight excluding hydrogens is 350 g/mol. The van der Waals surface area contributed by atoms with E-state index in [1.165, 1.54) is 0 Å². The number of hydrogen-bond donors (Lipinski definition) is 3. The van der Waals surface area contributed by atoms with Crippen molar-refractivity contribution in [1.29, 1.82) is 0 Å². The molecule has 1 unspecified atom stereocenters. The van der Waals surface area contributed by atoms with Crippen molar-refractivity contribution in [2.45, 2.75) is 25.4 Å². The molecule has 1 saturated heterocycles. The van der Waals surface area contributed by atoms with Crippen molar-refractivity contribution in [2.75, 3.05) is 19.6 Å². The van der Waals surface area contributed by atoms with Crippen LogP contribution >= 0.6 is 0 Å². The van der Waals surface area contributed by atoms with Gasteiger partial charge in [-0.15, -0.1) is 0 Å². The molecule has 3 N–H and O–H groups in total. The fourth-order valence-electron chi connectivity index (χ4n) is 3.70. The number of nitrogens with one attached hydrogen (secondary N) is 2. The standard InChI is InChI=1S/C23H25N3O2/c1-16-6-7-19-12-18(8-9-21(19)26-16)17-4-2-5-20(13-17)22(27)25-15-23(28)10-3-11-24-14-23/h2,4-9,12-13,24,28H,3,10-11,14-15H2,1H3,(H,25,27). The van der Waals surface area contributed by atoms with Gasteiger partial charge in [-0.25, -0.2) is 0 Å². The molecule has 1 aliphatic heterocycles. The minimum absolute atomic E-state index is 0.168. The summed E-state index contributed by atoms with van der Waals surface area (Å²) in [5.74, 6) is -0.168. The van der Waals surface area contributed by atoms with Crippen LogP contribution < -0.4 is 10.6 Å².